The molecule has 2 aromatic rings. The summed E-state index contributed by atoms with van der Waals surface area (Å²) in [5.41, 5.74) is 1.75. The lowest BCUT2D eigenvalue weighted by Gasteiger charge is -2.40. The van der Waals surface area contributed by atoms with Crippen LogP contribution in [0.1, 0.15) is 30.9 Å². The number of carbonyl (C=O) groups excluding carboxylic acids is 1. The second-order valence-corrected chi connectivity index (χ2v) is 8.22. The summed E-state index contributed by atoms with van der Waals surface area (Å²) in [5.74, 6) is 0.588. The molecule has 31 heavy (non-hydrogen) atoms. The van der Waals surface area contributed by atoms with Crippen LogP contribution in [0.5, 0.6) is 0 Å². The second kappa shape index (κ2) is 9.75. The van der Waals surface area contributed by atoms with Gasteiger partial charge in [-0.3, -0.25) is 4.90 Å². The SMILES string of the molecule is C[C@H]1CN(c2ncc(C#N)cn2)CCN1C(=O)OC1CCN(Cc2ccccc2)CC1. The Kier molecular flexibility index (Phi) is 6.63. The minimum atomic E-state index is -0.227. The number of benzene rings is 1. The molecule has 8 heteroatoms. The van der Waals surface area contributed by atoms with Crippen molar-refractivity contribution >= 4 is 12.0 Å². The molecule has 2 aliphatic heterocycles. The molecule has 1 aromatic carbocycles. The lowest BCUT2D eigenvalue weighted by Crippen LogP contribution is -2.55. The number of hydrogen-bond acceptors (Lipinski definition) is 7. The van der Waals surface area contributed by atoms with Gasteiger partial charge in [0.25, 0.3) is 0 Å². The normalized spacial score (nSPS) is 20.3. The topological polar surface area (TPSA) is 85.6 Å². The van der Waals surface area contributed by atoms with Crippen molar-refractivity contribution in [2.75, 3.05) is 37.6 Å². The maximum atomic E-state index is 12.8. The van der Waals surface area contributed by atoms with Gasteiger partial charge >= 0.3 is 6.09 Å². The Morgan fingerprint density at radius 2 is 1.84 bits per heavy atom. The van der Waals surface area contributed by atoms with Gasteiger partial charge in [-0.2, -0.15) is 5.26 Å². The van der Waals surface area contributed by atoms with Crippen LogP contribution < -0.4 is 4.90 Å². The molecular formula is C23H28N6O2. The first-order chi connectivity index (χ1) is 15.1. The van der Waals surface area contributed by atoms with Crippen molar-refractivity contribution < 1.29 is 9.53 Å². The third kappa shape index (κ3) is 5.30. The molecule has 2 aliphatic rings. The molecular weight excluding hydrogens is 392 g/mol. The fourth-order valence-corrected chi connectivity index (χ4v) is 4.19. The molecule has 1 aromatic heterocycles. The molecule has 0 spiro atoms. The van der Waals surface area contributed by atoms with E-state index in [0.717, 1.165) is 32.5 Å². The number of aromatic nitrogens is 2. The number of carbonyl (C=O) groups is 1. The summed E-state index contributed by atoms with van der Waals surface area (Å²) < 4.78 is 5.85. The van der Waals surface area contributed by atoms with Crippen molar-refractivity contribution in [3.05, 3.63) is 53.9 Å². The number of amides is 1. The van der Waals surface area contributed by atoms with Crippen LogP contribution in [-0.4, -0.2) is 70.7 Å². The number of piperidine rings is 1. The quantitative estimate of drug-likeness (QED) is 0.752. The van der Waals surface area contributed by atoms with Crippen molar-refractivity contribution in [3.63, 3.8) is 0 Å². The van der Waals surface area contributed by atoms with Crippen LogP contribution >= 0.6 is 0 Å². The highest BCUT2D eigenvalue weighted by atomic mass is 16.6. The van der Waals surface area contributed by atoms with Crippen LogP contribution in [0.25, 0.3) is 0 Å². The molecule has 1 atom stereocenters. The predicted octanol–water partition coefficient (Wildman–Crippen LogP) is 2.66. The zero-order valence-corrected chi connectivity index (χ0v) is 17.9. The second-order valence-electron chi connectivity index (χ2n) is 8.22. The van der Waals surface area contributed by atoms with Crippen LogP contribution in [0, 0.1) is 11.3 Å². The largest absolute Gasteiger partial charge is 0.446 e. The van der Waals surface area contributed by atoms with E-state index < -0.39 is 0 Å². The molecule has 0 unspecified atom stereocenters. The van der Waals surface area contributed by atoms with Gasteiger partial charge in [-0.15, -0.1) is 0 Å². The van der Waals surface area contributed by atoms with Gasteiger partial charge in [-0.25, -0.2) is 14.8 Å². The summed E-state index contributed by atoms with van der Waals surface area (Å²) >= 11 is 0. The Bertz CT molecular complexity index is 906. The molecule has 3 heterocycles. The van der Waals surface area contributed by atoms with Crippen molar-refractivity contribution in [2.45, 2.75) is 38.5 Å². The number of piperazine rings is 1. The molecule has 8 nitrogen and oxygen atoms in total. The van der Waals surface area contributed by atoms with E-state index in [1.807, 2.05) is 24.0 Å². The van der Waals surface area contributed by atoms with E-state index in [-0.39, 0.29) is 18.2 Å². The first-order valence-electron chi connectivity index (χ1n) is 10.8. The third-order valence-electron chi connectivity index (χ3n) is 5.96. The highest BCUT2D eigenvalue weighted by Crippen LogP contribution is 2.20. The molecule has 2 fully saturated rings. The molecule has 4 rings (SSSR count). The van der Waals surface area contributed by atoms with Crippen molar-refractivity contribution in [3.8, 4) is 6.07 Å². The average molecular weight is 421 g/mol. The van der Waals surface area contributed by atoms with Crippen LogP contribution in [-0.2, 0) is 11.3 Å². The fourth-order valence-electron chi connectivity index (χ4n) is 4.19. The highest BCUT2D eigenvalue weighted by Gasteiger charge is 2.32. The zero-order valence-electron chi connectivity index (χ0n) is 17.9. The molecule has 0 bridgehead atoms. The number of ether oxygens (including phenoxy) is 1. The minimum absolute atomic E-state index is 0.00124. The number of nitriles is 1. The minimum Gasteiger partial charge on any atom is -0.446 e. The number of anilines is 1. The van der Waals surface area contributed by atoms with Crippen LogP contribution in [0.3, 0.4) is 0 Å². The number of nitrogens with zero attached hydrogens (tertiary/aromatic N) is 6. The van der Waals surface area contributed by atoms with Gasteiger partial charge in [0.2, 0.25) is 5.95 Å². The van der Waals surface area contributed by atoms with E-state index in [1.54, 1.807) is 4.90 Å². The number of rotatable bonds is 4. The van der Waals surface area contributed by atoms with Crippen molar-refractivity contribution in [2.24, 2.45) is 0 Å². The summed E-state index contributed by atoms with van der Waals surface area (Å²) in [6.45, 7) is 6.67. The molecule has 0 radical (unpaired) electrons. The molecule has 2 saturated heterocycles. The first-order valence-corrected chi connectivity index (χ1v) is 10.8. The van der Waals surface area contributed by atoms with Gasteiger partial charge in [-0.05, 0) is 25.3 Å². The highest BCUT2D eigenvalue weighted by molar-refractivity contribution is 5.68. The lowest BCUT2D eigenvalue weighted by molar-refractivity contribution is 0.0191. The summed E-state index contributed by atoms with van der Waals surface area (Å²) in [6, 6.07) is 12.5. The standard InChI is InChI=1S/C23H28N6O2/c1-18-16-28(22-25-14-20(13-24)15-26-22)11-12-29(18)23(30)31-21-7-9-27(10-8-21)17-19-5-3-2-4-6-19/h2-6,14-15,18,21H,7-12,16-17H2,1H3/t18-/m0/s1. The molecule has 0 saturated carbocycles. The van der Waals surface area contributed by atoms with Crippen LogP contribution in [0.4, 0.5) is 10.7 Å². The Labute approximate surface area is 183 Å². The maximum absolute atomic E-state index is 12.8. The number of likely N-dealkylation sites (tertiary alicyclic amines) is 1. The van der Waals surface area contributed by atoms with E-state index in [4.69, 9.17) is 10.00 Å². The Balaban J connectivity index is 1.23. The Morgan fingerprint density at radius 3 is 2.48 bits per heavy atom. The summed E-state index contributed by atoms with van der Waals surface area (Å²) in [7, 11) is 0. The molecule has 162 valence electrons. The zero-order chi connectivity index (χ0) is 21.6. The van der Waals surface area contributed by atoms with Gasteiger partial charge in [0.15, 0.2) is 0 Å². The molecule has 1 amide bonds. The molecule has 0 aliphatic carbocycles. The van der Waals surface area contributed by atoms with E-state index in [0.29, 0.717) is 31.1 Å². The molecule has 0 N–H and O–H groups in total. The van der Waals surface area contributed by atoms with E-state index in [9.17, 15) is 4.79 Å². The fraction of sp³-hybridized carbons (Fsp3) is 0.478. The first kappa shape index (κ1) is 21.1. The Hall–Kier alpha value is -3.18. The maximum Gasteiger partial charge on any atom is 0.410 e. The van der Waals surface area contributed by atoms with Crippen molar-refractivity contribution in [1.82, 2.24) is 19.8 Å². The van der Waals surface area contributed by atoms with Crippen LogP contribution in [0.2, 0.25) is 0 Å². The van der Waals surface area contributed by atoms with E-state index in [2.05, 4.69) is 39.1 Å². The average Bonchev–Trinajstić information content (AvgIpc) is 2.81. The van der Waals surface area contributed by atoms with E-state index in [1.165, 1.54) is 18.0 Å². The van der Waals surface area contributed by atoms with E-state index >= 15 is 0 Å². The van der Waals surface area contributed by atoms with Crippen molar-refractivity contribution in [1.29, 1.82) is 5.26 Å². The monoisotopic (exact) mass is 420 g/mol. The van der Waals surface area contributed by atoms with Crippen LogP contribution in [0.15, 0.2) is 42.7 Å². The Morgan fingerprint density at radius 1 is 1.13 bits per heavy atom. The van der Waals surface area contributed by atoms with Gasteiger partial charge < -0.3 is 14.5 Å². The van der Waals surface area contributed by atoms with Gasteiger partial charge in [0, 0.05) is 45.3 Å². The van der Waals surface area contributed by atoms with Gasteiger partial charge in [0.1, 0.15) is 12.2 Å². The predicted molar refractivity (Wildman–Crippen MR) is 116 cm³/mol. The number of hydrogen-bond donors (Lipinski definition) is 0. The summed E-state index contributed by atoms with van der Waals surface area (Å²) in [6.07, 6.45) is 4.54. The van der Waals surface area contributed by atoms with Gasteiger partial charge in [0.05, 0.1) is 18.0 Å². The lowest BCUT2D eigenvalue weighted by atomic mass is 10.1. The van der Waals surface area contributed by atoms with Gasteiger partial charge in [-0.1, -0.05) is 30.3 Å². The smallest absolute Gasteiger partial charge is 0.410 e. The summed E-state index contributed by atoms with van der Waals surface area (Å²) in [5, 5.41) is 8.89. The summed E-state index contributed by atoms with van der Waals surface area (Å²) in [4.78, 5) is 27.6. The third-order valence-corrected chi connectivity index (χ3v) is 5.96.